The average molecular weight is 256 g/mol. The molecule has 0 aliphatic carbocycles. The molecule has 0 aliphatic rings. The van der Waals surface area contributed by atoms with Gasteiger partial charge in [0.05, 0.1) is 11.3 Å². The molecule has 0 atom stereocenters. The zero-order valence-electron chi connectivity index (χ0n) is 10.3. The Morgan fingerprint density at radius 2 is 1.95 bits per heavy atom. The molecule has 0 aliphatic heterocycles. The van der Waals surface area contributed by atoms with Crippen molar-refractivity contribution >= 4 is 11.9 Å². The van der Waals surface area contributed by atoms with E-state index in [1.165, 1.54) is 18.3 Å². The first-order chi connectivity index (χ1) is 9.11. The van der Waals surface area contributed by atoms with E-state index in [1.54, 1.807) is 31.3 Å². The first-order valence-corrected chi connectivity index (χ1v) is 5.63. The van der Waals surface area contributed by atoms with Crippen LogP contribution >= 0.6 is 0 Å². The largest absolute Gasteiger partial charge is 0.478 e. The summed E-state index contributed by atoms with van der Waals surface area (Å²) in [7, 11) is 1.55. The molecule has 96 valence electrons. The third-order valence-electron chi connectivity index (χ3n) is 2.65. The number of carbonyl (C=O) groups excluding carboxylic acids is 1. The summed E-state index contributed by atoms with van der Waals surface area (Å²) in [5.74, 6) is -1.21. The van der Waals surface area contributed by atoms with Crippen LogP contribution in [0.5, 0.6) is 0 Å². The summed E-state index contributed by atoms with van der Waals surface area (Å²) in [6.45, 7) is 0. The number of benzene rings is 1. The van der Waals surface area contributed by atoms with Gasteiger partial charge in [0.25, 0.3) is 5.91 Å². The number of aromatic carboxylic acids is 1. The molecule has 0 bridgehead atoms. The Morgan fingerprint density at radius 1 is 1.16 bits per heavy atom. The molecule has 1 aromatic heterocycles. The molecule has 1 heterocycles. The Bertz CT molecular complexity index is 638. The van der Waals surface area contributed by atoms with Gasteiger partial charge in [-0.15, -0.1) is 0 Å². The highest BCUT2D eigenvalue weighted by Crippen LogP contribution is 2.19. The van der Waals surface area contributed by atoms with Gasteiger partial charge < -0.3 is 10.4 Å². The molecular formula is C14H12N2O3. The van der Waals surface area contributed by atoms with Crippen molar-refractivity contribution in [1.29, 1.82) is 0 Å². The summed E-state index contributed by atoms with van der Waals surface area (Å²) in [6.07, 6.45) is 1.44. The maximum atomic E-state index is 11.5. The fraction of sp³-hybridized carbons (Fsp3) is 0.0714. The molecule has 2 rings (SSSR count). The van der Waals surface area contributed by atoms with Gasteiger partial charge in [0.2, 0.25) is 0 Å². The highest BCUT2D eigenvalue weighted by molar-refractivity contribution is 5.95. The molecule has 0 unspecified atom stereocenters. The van der Waals surface area contributed by atoms with Crippen LogP contribution in [-0.2, 0) is 0 Å². The molecule has 5 nitrogen and oxygen atoms in total. The van der Waals surface area contributed by atoms with Crippen LogP contribution in [0.3, 0.4) is 0 Å². The summed E-state index contributed by atoms with van der Waals surface area (Å²) in [5.41, 5.74) is 1.88. The van der Waals surface area contributed by atoms with Gasteiger partial charge in [0.15, 0.2) is 0 Å². The number of carboxylic acid groups (broad SMARTS) is 1. The number of aromatic nitrogens is 1. The molecule has 2 aromatic rings. The second kappa shape index (κ2) is 5.30. The lowest BCUT2D eigenvalue weighted by atomic mass is 10.1. The molecule has 2 N–H and O–H groups in total. The maximum absolute atomic E-state index is 11.5. The maximum Gasteiger partial charge on any atom is 0.335 e. The van der Waals surface area contributed by atoms with Crippen LogP contribution in [0.15, 0.2) is 42.6 Å². The van der Waals surface area contributed by atoms with Gasteiger partial charge in [-0.1, -0.05) is 12.1 Å². The molecule has 1 aromatic carbocycles. The summed E-state index contributed by atoms with van der Waals surface area (Å²) >= 11 is 0. The predicted molar refractivity (Wildman–Crippen MR) is 70.0 cm³/mol. The van der Waals surface area contributed by atoms with Crippen molar-refractivity contribution in [3.8, 4) is 11.3 Å². The van der Waals surface area contributed by atoms with E-state index in [0.717, 1.165) is 0 Å². The lowest BCUT2D eigenvalue weighted by molar-refractivity contribution is 0.0696. The van der Waals surface area contributed by atoms with Gasteiger partial charge in [0, 0.05) is 24.4 Å². The number of pyridine rings is 1. The molecular weight excluding hydrogens is 244 g/mol. The highest BCUT2D eigenvalue weighted by Gasteiger charge is 2.08. The number of rotatable bonds is 3. The van der Waals surface area contributed by atoms with E-state index in [2.05, 4.69) is 10.3 Å². The minimum atomic E-state index is -1.01. The number of nitrogens with zero attached hydrogens (tertiary/aromatic N) is 1. The van der Waals surface area contributed by atoms with Crippen LogP contribution < -0.4 is 5.32 Å². The Morgan fingerprint density at radius 3 is 2.63 bits per heavy atom. The van der Waals surface area contributed by atoms with Gasteiger partial charge in [-0.3, -0.25) is 9.78 Å². The second-order valence-corrected chi connectivity index (χ2v) is 3.89. The number of hydrogen-bond acceptors (Lipinski definition) is 3. The Labute approximate surface area is 109 Å². The van der Waals surface area contributed by atoms with Crippen molar-refractivity contribution in [2.24, 2.45) is 0 Å². The summed E-state index contributed by atoms with van der Waals surface area (Å²) in [5, 5.41) is 11.5. The molecule has 0 radical (unpaired) electrons. The molecule has 0 fully saturated rings. The predicted octanol–water partition coefficient (Wildman–Crippen LogP) is 1.81. The number of nitrogens with one attached hydrogen (secondary N) is 1. The van der Waals surface area contributed by atoms with Crippen molar-refractivity contribution in [3.05, 3.63) is 53.7 Å². The quantitative estimate of drug-likeness (QED) is 0.877. The van der Waals surface area contributed by atoms with Crippen molar-refractivity contribution in [1.82, 2.24) is 10.3 Å². The van der Waals surface area contributed by atoms with Crippen molar-refractivity contribution < 1.29 is 14.7 Å². The van der Waals surface area contributed by atoms with E-state index in [1.807, 2.05) is 0 Å². The third-order valence-corrected chi connectivity index (χ3v) is 2.65. The minimum Gasteiger partial charge on any atom is -0.478 e. The summed E-state index contributed by atoms with van der Waals surface area (Å²) < 4.78 is 0. The Balaban J connectivity index is 2.44. The fourth-order valence-corrected chi connectivity index (χ4v) is 1.69. The standard InChI is InChI=1S/C14H12N2O3/c1-15-13(17)10-4-2-3-9(7-10)12-8-11(14(18)19)5-6-16-12/h2-8H,1H3,(H,15,17)(H,18,19). The van der Waals surface area contributed by atoms with Crippen LogP contribution in [0.4, 0.5) is 0 Å². The van der Waals surface area contributed by atoms with Crippen molar-refractivity contribution in [2.45, 2.75) is 0 Å². The minimum absolute atomic E-state index is 0.162. The van der Waals surface area contributed by atoms with Crippen LogP contribution in [0.25, 0.3) is 11.3 Å². The first kappa shape index (κ1) is 12.8. The Kier molecular flexibility index (Phi) is 3.56. The lowest BCUT2D eigenvalue weighted by Crippen LogP contribution is -2.17. The molecule has 5 heteroatoms. The van der Waals surface area contributed by atoms with E-state index in [-0.39, 0.29) is 11.5 Å². The van der Waals surface area contributed by atoms with E-state index in [4.69, 9.17) is 5.11 Å². The topological polar surface area (TPSA) is 79.3 Å². The molecule has 1 amide bonds. The zero-order valence-corrected chi connectivity index (χ0v) is 10.3. The van der Waals surface area contributed by atoms with Gasteiger partial charge in [-0.05, 0) is 24.3 Å². The second-order valence-electron chi connectivity index (χ2n) is 3.89. The number of amides is 1. The zero-order chi connectivity index (χ0) is 13.8. The lowest BCUT2D eigenvalue weighted by Gasteiger charge is -2.05. The van der Waals surface area contributed by atoms with E-state index in [9.17, 15) is 9.59 Å². The van der Waals surface area contributed by atoms with Crippen molar-refractivity contribution in [3.63, 3.8) is 0 Å². The van der Waals surface area contributed by atoms with E-state index in [0.29, 0.717) is 16.8 Å². The molecule has 19 heavy (non-hydrogen) atoms. The summed E-state index contributed by atoms with van der Waals surface area (Å²) in [6, 6.07) is 9.77. The monoisotopic (exact) mass is 256 g/mol. The van der Waals surface area contributed by atoms with Crippen LogP contribution in [0.1, 0.15) is 20.7 Å². The molecule has 0 saturated carbocycles. The van der Waals surface area contributed by atoms with Gasteiger partial charge in [0.1, 0.15) is 0 Å². The number of carbonyl (C=O) groups is 2. The van der Waals surface area contributed by atoms with E-state index < -0.39 is 5.97 Å². The normalized spacial score (nSPS) is 9.95. The summed E-state index contributed by atoms with van der Waals surface area (Å²) in [4.78, 5) is 26.6. The third kappa shape index (κ3) is 2.77. The molecule has 0 saturated heterocycles. The SMILES string of the molecule is CNC(=O)c1cccc(-c2cc(C(=O)O)ccn2)c1. The average Bonchev–Trinajstić information content (AvgIpc) is 2.46. The number of hydrogen-bond donors (Lipinski definition) is 2. The number of carboxylic acids is 1. The van der Waals surface area contributed by atoms with Crippen molar-refractivity contribution in [2.75, 3.05) is 7.05 Å². The highest BCUT2D eigenvalue weighted by atomic mass is 16.4. The molecule has 0 spiro atoms. The van der Waals surface area contributed by atoms with Crippen LogP contribution in [0.2, 0.25) is 0 Å². The van der Waals surface area contributed by atoms with Crippen LogP contribution in [0, 0.1) is 0 Å². The van der Waals surface area contributed by atoms with Gasteiger partial charge >= 0.3 is 5.97 Å². The van der Waals surface area contributed by atoms with Crippen LogP contribution in [-0.4, -0.2) is 29.0 Å². The Hall–Kier alpha value is -2.69. The first-order valence-electron chi connectivity index (χ1n) is 5.63. The van der Waals surface area contributed by atoms with Gasteiger partial charge in [-0.25, -0.2) is 4.79 Å². The smallest absolute Gasteiger partial charge is 0.335 e. The fourth-order valence-electron chi connectivity index (χ4n) is 1.69. The van der Waals surface area contributed by atoms with E-state index >= 15 is 0 Å². The van der Waals surface area contributed by atoms with Gasteiger partial charge in [-0.2, -0.15) is 0 Å².